The molecule has 2 aliphatic rings. The zero-order chi connectivity index (χ0) is 26.1. The number of nitrogens with one attached hydrogen (secondary N) is 1. The SMILES string of the molecule is CSc1ccc(NC(=O)N2CCN(c3nc(Cc4ccccc4)nc4sc5c(c34)CCC(C)C5)CC2)cc1. The summed E-state index contributed by atoms with van der Waals surface area (Å²) in [6, 6.07) is 18.4. The zero-order valence-electron chi connectivity index (χ0n) is 21.9. The molecule has 1 atom stereocenters. The second-order valence-electron chi connectivity index (χ2n) is 10.3. The van der Waals surface area contributed by atoms with Crippen molar-refractivity contribution in [3.05, 3.63) is 76.4 Å². The van der Waals surface area contributed by atoms with Crippen molar-refractivity contribution in [2.45, 2.75) is 37.5 Å². The van der Waals surface area contributed by atoms with Gasteiger partial charge in [-0.2, -0.15) is 0 Å². The van der Waals surface area contributed by atoms with Gasteiger partial charge in [-0.05, 0) is 66.8 Å². The first-order valence-electron chi connectivity index (χ1n) is 13.4. The Labute approximate surface area is 232 Å². The molecule has 196 valence electrons. The summed E-state index contributed by atoms with van der Waals surface area (Å²) in [6.45, 7) is 5.20. The van der Waals surface area contributed by atoms with Gasteiger partial charge in [0.1, 0.15) is 16.5 Å². The van der Waals surface area contributed by atoms with Crippen LogP contribution in [0.15, 0.2) is 59.5 Å². The molecule has 0 saturated carbocycles. The third-order valence-corrected chi connectivity index (χ3v) is 9.49. The second kappa shape index (κ2) is 10.9. The number of aryl methyl sites for hydroxylation is 1. The van der Waals surface area contributed by atoms with E-state index >= 15 is 0 Å². The standard InChI is InChI=1S/C30H33N5OS2/c1-20-8-13-24-25(18-20)38-29-27(24)28(32-26(33-29)19-21-6-4-3-5-7-21)34-14-16-35(17-15-34)30(36)31-22-9-11-23(37-2)12-10-22/h3-7,9-12,20H,8,13-19H2,1-2H3,(H,31,36). The molecule has 6 nitrogen and oxygen atoms in total. The molecule has 1 unspecified atom stereocenters. The summed E-state index contributed by atoms with van der Waals surface area (Å²) < 4.78 is 0. The van der Waals surface area contributed by atoms with E-state index in [4.69, 9.17) is 9.97 Å². The summed E-state index contributed by atoms with van der Waals surface area (Å²) >= 11 is 3.56. The Bertz CT molecular complexity index is 1430. The Kier molecular flexibility index (Phi) is 7.26. The lowest BCUT2D eigenvalue weighted by atomic mass is 9.89. The molecule has 0 radical (unpaired) electrons. The van der Waals surface area contributed by atoms with Crippen molar-refractivity contribution in [2.75, 3.05) is 42.7 Å². The third kappa shape index (κ3) is 5.24. The molecule has 2 aromatic carbocycles. The minimum Gasteiger partial charge on any atom is -0.352 e. The topological polar surface area (TPSA) is 61.4 Å². The van der Waals surface area contributed by atoms with Gasteiger partial charge in [0.25, 0.3) is 0 Å². The van der Waals surface area contributed by atoms with Crippen LogP contribution >= 0.6 is 23.1 Å². The van der Waals surface area contributed by atoms with Crippen molar-refractivity contribution in [2.24, 2.45) is 5.92 Å². The van der Waals surface area contributed by atoms with E-state index in [1.807, 2.05) is 46.6 Å². The Morgan fingerprint density at radius 1 is 1.05 bits per heavy atom. The zero-order valence-corrected chi connectivity index (χ0v) is 23.6. The van der Waals surface area contributed by atoms with Crippen LogP contribution in [0.1, 0.15) is 35.2 Å². The van der Waals surface area contributed by atoms with Crippen LogP contribution in [0, 0.1) is 5.92 Å². The molecule has 1 aliphatic carbocycles. The second-order valence-corrected chi connectivity index (χ2v) is 12.3. The van der Waals surface area contributed by atoms with Crippen molar-refractivity contribution >= 4 is 50.9 Å². The van der Waals surface area contributed by atoms with Gasteiger partial charge in [-0.1, -0.05) is 37.3 Å². The Hall–Kier alpha value is -3.10. The lowest BCUT2D eigenvalue weighted by Gasteiger charge is -2.36. The Morgan fingerprint density at radius 3 is 2.55 bits per heavy atom. The van der Waals surface area contributed by atoms with Gasteiger partial charge < -0.3 is 15.1 Å². The third-order valence-electron chi connectivity index (χ3n) is 7.60. The number of anilines is 2. The first-order chi connectivity index (χ1) is 18.6. The summed E-state index contributed by atoms with van der Waals surface area (Å²) in [7, 11) is 0. The summed E-state index contributed by atoms with van der Waals surface area (Å²) in [6.07, 6.45) is 6.23. The van der Waals surface area contributed by atoms with E-state index < -0.39 is 0 Å². The van der Waals surface area contributed by atoms with Crippen molar-refractivity contribution < 1.29 is 4.79 Å². The molecule has 1 saturated heterocycles. The average Bonchev–Trinajstić information content (AvgIpc) is 3.31. The van der Waals surface area contributed by atoms with Gasteiger partial charge in [-0.3, -0.25) is 0 Å². The predicted molar refractivity (Wildman–Crippen MR) is 159 cm³/mol. The number of hydrogen-bond acceptors (Lipinski definition) is 6. The molecule has 1 N–H and O–H groups in total. The highest BCUT2D eigenvalue weighted by atomic mass is 32.2. The number of rotatable bonds is 5. The normalized spacial score (nSPS) is 17.5. The van der Waals surface area contributed by atoms with E-state index in [0.717, 1.165) is 60.4 Å². The summed E-state index contributed by atoms with van der Waals surface area (Å²) in [5.74, 6) is 2.65. The summed E-state index contributed by atoms with van der Waals surface area (Å²) in [4.78, 5) is 31.3. The van der Waals surface area contributed by atoms with Gasteiger partial charge in [0.15, 0.2) is 0 Å². The van der Waals surface area contributed by atoms with Gasteiger partial charge >= 0.3 is 6.03 Å². The molecule has 4 aromatic rings. The molecule has 8 heteroatoms. The van der Waals surface area contributed by atoms with Crippen molar-refractivity contribution in [1.29, 1.82) is 0 Å². The smallest absolute Gasteiger partial charge is 0.321 e. The minimum atomic E-state index is -0.0407. The molecule has 3 heterocycles. The molecule has 38 heavy (non-hydrogen) atoms. The first-order valence-corrected chi connectivity index (χ1v) is 15.4. The Balaban J connectivity index is 1.24. The Morgan fingerprint density at radius 2 is 1.82 bits per heavy atom. The highest BCUT2D eigenvalue weighted by molar-refractivity contribution is 7.98. The number of amides is 2. The summed E-state index contributed by atoms with van der Waals surface area (Å²) in [5.41, 5.74) is 3.51. The fourth-order valence-corrected chi connectivity index (χ4v) is 7.26. The van der Waals surface area contributed by atoms with Gasteiger partial charge in [0.2, 0.25) is 0 Å². The number of aromatic nitrogens is 2. The van der Waals surface area contributed by atoms with Crippen molar-refractivity contribution in [1.82, 2.24) is 14.9 Å². The molecular formula is C30H33N5OS2. The van der Waals surface area contributed by atoms with Gasteiger partial charge in [-0.15, -0.1) is 23.1 Å². The summed E-state index contributed by atoms with van der Waals surface area (Å²) in [5, 5.41) is 4.31. The lowest BCUT2D eigenvalue weighted by Crippen LogP contribution is -2.50. The van der Waals surface area contributed by atoms with Gasteiger partial charge in [-0.25, -0.2) is 14.8 Å². The van der Waals surface area contributed by atoms with Crippen LogP contribution in [0.25, 0.3) is 10.2 Å². The van der Waals surface area contributed by atoms with E-state index in [9.17, 15) is 4.79 Å². The average molecular weight is 544 g/mol. The van der Waals surface area contributed by atoms with Crippen LogP contribution in [0.3, 0.4) is 0 Å². The van der Waals surface area contributed by atoms with Crippen molar-refractivity contribution in [3.8, 4) is 0 Å². The van der Waals surface area contributed by atoms with Crippen LogP contribution in [0.5, 0.6) is 0 Å². The largest absolute Gasteiger partial charge is 0.352 e. The predicted octanol–water partition coefficient (Wildman–Crippen LogP) is 6.48. The number of piperazine rings is 1. The molecule has 0 bridgehead atoms. The maximum atomic E-state index is 13.0. The molecule has 1 fully saturated rings. The highest BCUT2D eigenvalue weighted by Crippen LogP contribution is 2.41. The van der Waals surface area contributed by atoms with Crippen LogP contribution < -0.4 is 10.2 Å². The minimum absolute atomic E-state index is 0.0407. The lowest BCUT2D eigenvalue weighted by molar-refractivity contribution is 0.208. The van der Waals surface area contributed by atoms with Crippen LogP contribution in [0.2, 0.25) is 0 Å². The van der Waals surface area contributed by atoms with Crippen LogP contribution in [-0.2, 0) is 19.3 Å². The number of fused-ring (bicyclic) bond motifs is 3. The molecule has 2 aromatic heterocycles. The quantitative estimate of drug-likeness (QED) is 0.292. The number of thiophene rings is 1. The van der Waals surface area contributed by atoms with Gasteiger partial charge in [0.05, 0.1) is 5.39 Å². The van der Waals surface area contributed by atoms with Crippen LogP contribution in [-0.4, -0.2) is 53.3 Å². The maximum Gasteiger partial charge on any atom is 0.321 e. The van der Waals surface area contributed by atoms with Gasteiger partial charge in [0, 0.05) is 48.1 Å². The number of benzene rings is 2. The van der Waals surface area contributed by atoms with E-state index in [0.29, 0.717) is 13.1 Å². The monoisotopic (exact) mass is 543 g/mol. The molecular weight excluding hydrogens is 510 g/mol. The van der Waals surface area contributed by atoms with E-state index in [-0.39, 0.29) is 6.03 Å². The number of hydrogen-bond donors (Lipinski definition) is 1. The van der Waals surface area contributed by atoms with Crippen molar-refractivity contribution in [3.63, 3.8) is 0 Å². The van der Waals surface area contributed by atoms with E-state index in [1.54, 1.807) is 11.8 Å². The number of urea groups is 1. The molecule has 0 spiro atoms. The number of thioether (sulfide) groups is 1. The number of carbonyl (C=O) groups is 1. The van der Waals surface area contributed by atoms with E-state index in [2.05, 4.69) is 47.7 Å². The number of nitrogens with zero attached hydrogens (tertiary/aromatic N) is 4. The number of carbonyl (C=O) groups excluding carboxylic acids is 1. The first kappa shape index (κ1) is 25.2. The van der Waals surface area contributed by atoms with E-state index in [1.165, 1.54) is 32.7 Å². The van der Waals surface area contributed by atoms with Crippen LogP contribution in [0.4, 0.5) is 16.3 Å². The molecule has 6 rings (SSSR count). The fourth-order valence-electron chi connectivity index (χ4n) is 5.45. The highest BCUT2D eigenvalue weighted by Gasteiger charge is 2.28. The fraction of sp³-hybridized carbons (Fsp3) is 0.367. The maximum absolute atomic E-state index is 13.0. The molecule has 2 amide bonds. The molecule has 1 aliphatic heterocycles.